The van der Waals surface area contributed by atoms with Crippen LogP contribution in [0.15, 0.2) is 45.6 Å². The number of carbonyl (C=O) groups excluding carboxylic acids is 1. The molecule has 0 aliphatic carbocycles. The molecule has 0 spiro atoms. The van der Waals surface area contributed by atoms with Crippen LogP contribution in [0.25, 0.3) is 11.0 Å². The lowest BCUT2D eigenvalue weighted by Crippen LogP contribution is -2.36. The molecule has 4 rings (SSSR count). The molecule has 1 aromatic heterocycles. The van der Waals surface area contributed by atoms with Gasteiger partial charge in [-0.05, 0) is 60.7 Å². The van der Waals surface area contributed by atoms with Crippen LogP contribution in [0.1, 0.15) is 28.7 Å². The van der Waals surface area contributed by atoms with Gasteiger partial charge in [-0.3, -0.25) is 4.79 Å². The van der Waals surface area contributed by atoms with E-state index in [-0.39, 0.29) is 12.3 Å². The Morgan fingerprint density at radius 1 is 1.07 bits per heavy atom. The zero-order chi connectivity index (χ0) is 21.3. The summed E-state index contributed by atoms with van der Waals surface area (Å²) in [5, 5.41) is 0.858. The minimum atomic E-state index is -0.394. The van der Waals surface area contributed by atoms with Crippen molar-refractivity contribution in [3.8, 4) is 11.5 Å². The van der Waals surface area contributed by atoms with Gasteiger partial charge in [0.05, 0.1) is 14.2 Å². The average Bonchev–Trinajstić information content (AvgIpc) is 2.77. The molecule has 0 bridgehead atoms. The second-order valence-corrected chi connectivity index (χ2v) is 7.56. The Morgan fingerprint density at radius 3 is 2.57 bits per heavy atom. The highest BCUT2D eigenvalue weighted by Gasteiger charge is 2.22. The van der Waals surface area contributed by atoms with E-state index in [4.69, 9.17) is 13.9 Å². The molecule has 6 heteroatoms. The van der Waals surface area contributed by atoms with Crippen molar-refractivity contribution in [1.82, 2.24) is 4.90 Å². The highest BCUT2D eigenvalue weighted by atomic mass is 16.5. The van der Waals surface area contributed by atoms with Crippen LogP contribution in [-0.4, -0.2) is 31.6 Å². The Morgan fingerprint density at radius 2 is 1.80 bits per heavy atom. The lowest BCUT2D eigenvalue weighted by atomic mass is 9.98. The summed E-state index contributed by atoms with van der Waals surface area (Å²) in [7, 11) is 3.21. The Bertz CT molecular complexity index is 1160. The molecule has 0 N–H and O–H groups in total. The number of benzene rings is 2. The molecular formula is C24H25NO5. The molecule has 2 heterocycles. The fourth-order valence-corrected chi connectivity index (χ4v) is 4.05. The lowest BCUT2D eigenvalue weighted by molar-refractivity contribution is -0.132. The summed E-state index contributed by atoms with van der Waals surface area (Å²) in [6, 6.07) is 11.4. The highest BCUT2D eigenvalue weighted by molar-refractivity contribution is 5.83. The number of hydrogen-bond acceptors (Lipinski definition) is 5. The van der Waals surface area contributed by atoms with Gasteiger partial charge in [0.2, 0.25) is 5.91 Å². The average molecular weight is 407 g/mol. The number of hydrogen-bond donors (Lipinski definition) is 0. The third kappa shape index (κ3) is 3.77. The lowest BCUT2D eigenvalue weighted by Gasteiger charge is -2.29. The van der Waals surface area contributed by atoms with Gasteiger partial charge in [0.15, 0.2) is 0 Å². The standard InChI is InChI=1S/C24H25NO5/c1-15-20-7-6-19(29-3)13-22(20)30-24(27)21(15)8-9-23(26)25-11-10-16-4-5-18(28-2)12-17(16)14-25/h4-7,12-13H,8-11,14H2,1-3H3. The van der Waals surface area contributed by atoms with E-state index >= 15 is 0 Å². The van der Waals surface area contributed by atoms with Gasteiger partial charge in [0, 0.05) is 36.5 Å². The first kappa shape index (κ1) is 20.0. The van der Waals surface area contributed by atoms with Gasteiger partial charge in [-0.1, -0.05) is 6.07 Å². The molecule has 3 aromatic rings. The predicted octanol–water partition coefficient (Wildman–Crippen LogP) is 3.64. The molecule has 0 fully saturated rings. The van der Waals surface area contributed by atoms with Crippen molar-refractivity contribution in [2.24, 2.45) is 0 Å². The largest absolute Gasteiger partial charge is 0.497 e. The van der Waals surface area contributed by atoms with Crippen LogP contribution in [-0.2, 0) is 24.2 Å². The highest BCUT2D eigenvalue weighted by Crippen LogP contribution is 2.26. The van der Waals surface area contributed by atoms with Crippen LogP contribution in [0, 0.1) is 6.92 Å². The quantitative estimate of drug-likeness (QED) is 0.604. The Labute approximate surface area is 175 Å². The smallest absolute Gasteiger partial charge is 0.339 e. The first-order chi connectivity index (χ1) is 14.5. The predicted molar refractivity (Wildman–Crippen MR) is 114 cm³/mol. The third-order valence-electron chi connectivity index (χ3n) is 5.86. The Kier molecular flexibility index (Phi) is 5.48. The topological polar surface area (TPSA) is 69.0 Å². The van der Waals surface area contributed by atoms with Crippen molar-refractivity contribution in [1.29, 1.82) is 0 Å². The molecule has 0 saturated carbocycles. The first-order valence-corrected chi connectivity index (χ1v) is 10.0. The van der Waals surface area contributed by atoms with E-state index in [1.54, 1.807) is 20.3 Å². The Hall–Kier alpha value is -3.28. The second kappa shape index (κ2) is 8.22. The molecule has 0 atom stereocenters. The fraction of sp³-hybridized carbons (Fsp3) is 0.333. The van der Waals surface area contributed by atoms with Crippen LogP contribution in [0.5, 0.6) is 11.5 Å². The van der Waals surface area contributed by atoms with E-state index in [2.05, 4.69) is 6.07 Å². The van der Waals surface area contributed by atoms with Gasteiger partial charge < -0.3 is 18.8 Å². The van der Waals surface area contributed by atoms with Crippen molar-refractivity contribution < 1.29 is 18.7 Å². The van der Waals surface area contributed by atoms with Crippen molar-refractivity contribution in [2.75, 3.05) is 20.8 Å². The molecule has 1 aliphatic rings. The molecule has 0 unspecified atom stereocenters. The van der Waals surface area contributed by atoms with E-state index in [0.717, 1.165) is 28.7 Å². The number of ether oxygens (including phenoxy) is 2. The monoisotopic (exact) mass is 407 g/mol. The molecule has 1 aliphatic heterocycles. The van der Waals surface area contributed by atoms with Gasteiger partial charge in [-0.25, -0.2) is 4.79 Å². The number of aryl methyl sites for hydroxylation is 1. The van der Waals surface area contributed by atoms with E-state index in [0.29, 0.717) is 36.4 Å². The number of amides is 1. The van der Waals surface area contributed by atoms with Crippen LogP contribution in [0.3, 0.4) is 0 Å². The van der Waals surface area contributed by atoms with E-state index in [9.17, 15) is 9.59 Å². The van der Waals surface area contributed by atoms with E-state index in [1.165, 1.54) is 5.56 Å². The summed E-state index contributed by atoms with van der Waals surface area (Å²) in [5.74, 6) is 1.47. The molecule has 1 amide bonds. The van der Waals surface area contributed by atoms with Crippen molar-refractivity contribution in [3.05, 3.63) is 69.1 Å². The van der Waals surface area contributed by atoms with Crippen LogP contribution in [0.4, 0.5) is 0 Å². The van der Waals surface area contributed by atoms with Gasteiger partial charge >= 0.3 is 5.63 Å². The van der Waals surface area contributed by atoms with Crippen LogP contribution in [0.2, 0.25) is 0 Å². The van der Waals surface area contributed by atoms with Crippen molar-refractivity contribution in [2.45, 2.75) is 32.7 Å². The van der Waals surface area contributed by atoms with Gasteiger partial charge in [-0.15, -0.1) is 0 Å². The van der Waals surface area contributed by atoms with Gasteiger partial charge in [0.25, 0.3) is 0 Å². The number of fused-ring (bicyclic) bond motifs is 2. The minimum absolute atomic E-state index is 0.0390. The molecular weight excluding hydrogens is 382 g/mol. The molecule has 0 saturated heterocycles. The summed E-state index contributed by atoms with van der Waals surface area (Å²) < 4.78 is 16.0. The van der Waals surface area contributed by atoms with Crippen molar-refractivity contribution in [3.63, 3.8) is 0 Å². The van der Waals surface area contributed by atoms with Crippen LogP contribution < -0.4 is 15.1 Å². The summed E-state index contributed by atoms with van der Waals surface area (Å²) in [5.41, 5.74) is 3.87. The molecule has 6 nitrogen and oxygen atoms in total. The molecule has 2 aromatic carbocycles. The maximum Gasteiger partial charge on any atom is 0.339 e. The SMILES string of the molecule is COc1ccc2c(c1)CN(C(=O)CCc1c(C)c3ccc(OC)cc3oc1=O)CC2. The van der Waals surface area contributed by atoms with Gasteiger partial charge in [0.1, 0.15) is 17.1 Å². The third-order valence-corrected chi connectivity index (χ3v) is 5.86. The molecule has 156 valence electrons. The Balaban J connectivity index is 1.50. The van der Waals surface area contributed by atoms with Crippen molar-refractivity contribution >= 4 is 16.9 Å². The minimum Gasteiger partial charge on any atom is -0.497 e. The zero-order valence-corrected chi connectivity index (χ0v) is 17.5. The zero-order valence-electron chi connectivity index (χ0n) is 17.5. The summed E-state index contributed by atoms with van der Waals surface area (Å²) in [6.45, 7) is 3.15. The number of rotatable bonds is 5. The van der Waals surface area contributed by atoms with E-state index < -0.39 is 5.63 Å². The maximum atomic E-state index is 12.9. The number of methoxy groups -OCH3 is 2. The second-order valence-electron chi connectivity index (χ2n) is 7.56. The number of carbonyl (C=O) groups is 1. The summed E-state index contributed by atoms with van der Waals surface area (Å²) in [4.78, 5) is 27.2. The summed E-state index contributed by atoms with van der Waals surface area (Å²) >= 11 is 0. The summed E-state index contributed by atoms with van der Waals surface area (Å²) in [6.07, 6.45) is 1.45. The number of nitrogens with zero attached hydrogens (tertiary/aromatic N) is 1. The molecule has 0 radical (unpaired) electrons. The van der Waals surface area contributed by atoms with Gasteiger partial charge in [-0.2, -0.15) is 0 Å². The molecule has 30 heavy (non-hydrogen) atoms. The first-order valence-electron chi connectivity index (χ1n) is 10.0. The maximum absolute atomic E-state index is 12.9. The fourth-order valence-electron chi connectivity index (χ4n) is 4.05. The van der Waals surface area contributed by atoms with Crippen LogP contribution >= 0.6 is 0 Å². The van der Waals surface area contributed by atoms with E-state index in [1.807, 2.05) is 36.1 Å². The normalized spacial score (nSPS) is 13.2.